The Morgan fingerprint density at radius 2 is 2.08 bits per heavy atom. The molecule has 0 aromatic rings. The normalized spacial score (nSPS) is 13.2. The van der Waals surface area contributed by atoms with Crippen molar-refractivity contribution in [1.29, 1.82) is 0 Å². The number of hydrogen-bond donors (Lipinski definition) is 1. The second-order valence-electron chi connectivity index (χ2n) is 3.19. The third-order valence-corrected chi connectivity index (χ3v) is 1.89. The van der Waals surface area contributed by atoms with Crippen LogP contribution in [0.15, 0.2) is 0 Å². The summed E-state index contributed by atoms with van der Waals surface area (Å²) in [5, 5.41) is 3.14. The summed E-state index contributed by atoms with van der Waals surface area (Å²) in [4.78, 5) is 0. The fourth-order valence-electron chi connectivity index (χ4n) is 1.25. The summed E-state index contributed by atoms with van der Waals surface area (Å²) in [6.07, 6.45) is 3.66. The molecule has 0 aliphatic carbocycles. The predicted octanol–water partition coefficient (Wildman–Crippen LogP) is 1.43. The molecule has 1 N–H and O–H groups in total. The second-order valence-corrected chi connectivity index (χ2v) is 3.19. The first kappa shape index (κ1) is 12.9. The largest absolute Gasteiger partial charge is 0.385 e. The molecule has 0 aromatic heterocycles. The fraction of sp³-hybridized carbons (Fsp3) is 1.00. The summed E-state index contributed by atoms with van der Waals surface area (Å²) in [7, 11) is 3.68. The Hall–Kier alpha value is -0.120. The Kier molecular flexibility index (Phi) is 9.87. The average Bonchev–Trinajstić information content (AvgIpc) is 2.13. The number of hydrogen-bond acceptors (Lipinski definition) is 3. The van der Waals surface area contributed by atoms with Gasteiger partial charge in [0.25, 0.3) is 0 Å². The van der Waals surface area contributed by atoms with Crippen molar-refractivity contribution in [2.75, 3.05) is 33.9 Å². The lowest BCUT2D eigenvalue weighted by Crippen LogP contribution is -2.27. The molecule has 0 rings (SSSR count). The lowest BCUT2D eigenvalue weighted by Gasteiger charge is -2.16. The zero-order valence-corrected chi connectivity index (χ0v) is 9.14. The van der Waals surface area contributed by atoms with Crippen LogP contribution in [-0.2, 0) is 9.47 Å². The Labute approximate surface area is 81.8 Å². The van der Waals surface area contributed by atoms with Gasteiger partial charge in [-0.05, 0) is 19.9 Å². The summed E-state index contributed by atoms with van der Waals surface area (Å²) in [6.45, 7) is 4.72. The smallest absolute Gasteiger partial charge is 0.0699 e. The highest BCUT2D eigenvalue weighted by molar-refractivity contribution is 4.59. The van der Waals surface area contributed by atoms with E-state index in [9.17, 15) is 0 Å². The number of rotatable bonds is 9. The lowest BCUT2D eigenvalue weighted by molar-refractivity contribution is 0.0355. The highest BCUT2D eigenvalue weighted by atomic mass is 16.5. The minimum atomic E-state index is 0.367. The van der Waals surface area contributed by atoms with E-state index in [2.05, 4.69) is 12.2 Å². The standard InChI is InChI=1S/C10H23NO2/c1-4-6-10(9-11-2)13-8-5-7-12-3/h10-11H,4-9H2,1-3H3. The van der Waals surface area contributed by atoms with E-state index in [1.807, 2.05) is 7.05 Å². The van der Waals surface area contributed by atoms with E-state index in [4.69, 9.17) is 9.47 Å². The molecule has 0 bridgehead atoms. The summed E-state index contributed by atoms with van der Waals surface area (Å²) in [5.41, 5.74) is 0. The van der Waals surface area contributed by atoms with Gasteiger partial charge in [0.05, 0.1) is 6.10 Å². The Balaban J connectivity index is 3.33. The van der Waals surface area contributed by atoms with E-state index in [0.717, 1.165) is 32.6 Å². The van der Waals surface area contributed by atoms with E-state index >= 15 is 0 Å². The molecule has 0 aliphatic heterocycles. The van der Waals surface area contributed by atoms with E-state index in [0.29, 0.717) is 6.10 Å². The summed E-state index contributed by atoms with van der Waals surface area (Å²) < 4.78 is 10.6. The summed E-state index contributed by atoms with van der Waals surface area (Å²) in [6, 6.07) is 0. The fourth-order valence-corrected chi connectivity index (χ4v) is 1.25. The third kappa shape index (κ3) is 8.22. The van der Waals surface area contributed by atoms with Crippen LogP contribution in [0.5, 0.6) is 0 Å². The first-order valence-corrected chi connectivity index (χ1v) is 5.10. The SMILES string of the molecule is CCCC(CNC)OCCCOC. The monoisotopic (exact) mass is 189 g/mol. The molecular weight excluding hydrogens is 166 g/mol. The molecular formula is C10H23NO2. The van der Waals surface area contributed by atoms with Crippen LogP contribution in [0.25, 0.3) is 0 Å². The van der Waals surface area contributed by atoms with E-state index in [1.54, 1.807) is 7.11 Å². The molecule has 0 radical (unpaired) electrons. The van der Waals surface area contributed by atoms with E-state index in [1.165, 1.54) is 6.42 Å². The molecule has 1 unspecified atom stereocenters. The molecule has 0 fully saturated rings. The van der Waals surface area contributed by atoms with Gasteiger partial charge >= 0.3 is 0 Å². The maximum Gasteiger partial charge on any atom is 0.0699 e. The van der Waals surface area contributed by atoms with Crippen LogP contribution >= 0.6 is 0 Å². The van der Waals surface area contributed by atoms with Crippen molar-refractivity contribution in [2.24, 2.45) is 0 Å². The van der Waals surface area contributed by atoms with E-state index < -0.39 is 0 Å². The van der Waals surface area contributed by atoms with Crippen molar-refractivity contribution in [2.45, 2.75) is 32.3 Å². The molecule has 0 spiro atoms. The zero-order chi connectivity index (χ0) is 9.94. The van der Waals surface area contributed by atoms with Crippen LogP contribution in [0.3, 0.4) is 0 Å². The first-order chi connectivity index (χ1) is 6.35. The number of methoxy groups -OCH3 is 1. The molecule has 3 nitrogen and oxygen atoms in total. The Bertz CT molecular complexity index is 92.9. The second kappa shape index (κ2) is 9.96. The van der Waals surface area contributed by atoms with Crippen LogP contribution in [0.1, 0.15) is 26.2 Å². The van der Waals surface area contributed by atoms with Crippen molar-refractivity contribution in [3.05, 3.63) is 0 Å². The van der Waals surface area contributed by atoms with Crippen LogP contribution in [0.4, 0.5) is 0 Å². The molecule has 13 heavy (non-hydrogen) atoms. The number of nitrogens with one attached hydrogen (secondary N) is 1. The molecule has 0 aromatic carbocycles. The van der Waals surface area contributed by atoms with Crippen molar-refractivity contribution in [3.63, 3.8) is 0 Å². The molecule has 80 valence electrons. The average molecular weight is 189 g/mol. The summed E-state index contributed by atoms with van der Waals surface area (Å²) in [5.74, 6) is 0. The van der Waals surface area contributed by atoms with Gasteiger partial charge in [-0.1, -0.05) is 13.3 Å². The highest BCUT2D eigenvalue weighted by Gasteiger charge is 2.05. The minimum absolute atomic E-state index is 0.367. The van der Waals surface area contributed by atoms with Gasteiger partial charge in [0.15, 0.2) is 0 Å². The van der Waals surface area contributed by atoms with Crippen molar-refractivity contribution >= 4 is 0 Å². The van der Waals surface area contributed by atoms with Gasteiger partial charge in [-0.25, -0.2) is 0 Å². The number of ether oxygens (including phenoxy) is 2. The van der Waals surface area contributed by atoms with Crippen LogP contribution in [0.2, 0.25) is 0 Å². The Morgan fingerprint density at radius 1 is 1.31 bits per heavy atom. The van der Waals surface area contributed by atoms with Crippen molar-refractivity contribution < 1.29 is 9.47 Å². The maximum atomic E-state index is 5.68. The van der Waals surface area contributed by atoms with Crippen LogP contribution < -0.4 is 5.32 Å². The van der Waals surface area contributed by atoms with Gasteiger partial charge < -0.3 is 14.8 Å². The molecule has 0 amide bonds. The molecule has 0 aliphatic rings. The maximum absolute atomic E-state index is 5.68. The zero-order valence-electron chi connectivity index (χ0n) is 9.14. The molecule has 0 saturated heterocycles. The quantitative estimate of drug-likeness (QED) is 0.557. The lowest BCUT2D eigenvalue weighted by atomic mass is 10.2. The Morgan fingerprint density at radius 3 is 2.62 bits per heavy atom. The van der Waals surface area contributed by atoms with Crippen molar-refractivity contribution in [3.8, 4) is 0 Å². The van der Waals surface area contributed by atoms with Gasteiger partial charge in [-0.15, -0.1) is 0 Å². The predicted molar refractivity (Wildman–Crippen MR) is 55.1 cm³/mol. The van der Waals surface area contributed by atoms with Gasteiger partial charge in [-0.3, -0.25) is 0 Å². The molecule has 0 heterocycles. The van der Waals surface area contributed by atoms with Crippen LogP contribution in [0, 0.1) is 0 Å². The van der Waals surface area contributed by atoms with Crippen molar-refractivity contribution in [1.82, 2.24) is 5.32 Å². The summed E-state index contributed by atoms with van der Waals surface area (Å²) >= 11 is 0. The van der Waals surface area contributed by atoms with Gasteiger partial charge in [0, 0.05) is 26.9 Å². The van der Waals surface area contributed by atoms with Gasteiger partial charge in [-0.2, -0.15) is 0 Å². The first-order valence-electron chi connectivity index (χ1n) is 5.10. The highest BCUT2D eigenvalue weighted by Crippen LogP contribution is 2.01. The van der Waals surface area contributed by atoms with E-state index in [-0.39, 0.29) is 0 Å². The molecule has 1 atom stereocenters. The molecule has 0 saturated carbocycles. The topological polar surface area (TPSA) is 30.5 Å². The third-order valence-electron chi connectivity index (χ3n) is 1.89. The van der Waals surface area contributed by atoms with Crippen LogP contribution in [-0.4, -0.2) is 40.0 Å². The minimum Gasteiger partial charge on any atom is -0.385 e. The molecule has 3 heteroatoms. The van der Waals surface area contributed by atoms with Gasteiger partial charge in [0.2, 0.25) is 0 Å². The van der Waals surface area contributed by atoms with Gasteiger partial charge in [0.1, 0.15) is 0 Å². The number of likely N-dealkylation sites (N-methyl/N-ethyl adjacent to an activating group) is 1.